The van der Waals surface area contributed by atoms with E-state index in [1.807, 2.05) is 0 Å². The fraction of sp³-hybridized carbons (Fsp3) is 0.0769. The Labute approximate surface area is 396 Å². The maximum absolute atomic E-state index is 6.83. The van der Waals surface area contributed by atoms with Crippen molar-refractivity contribution in [2.45, 2.75) is 32.9 Å². The van der Waals surface area contributed by atoms with Gasteiger partial charge in [0.05, 0.1) is 11.4 Å². The van der Waals surface area contributed by atoms with Gasteiger partial charge in [0.15, 0.2) is 5.58 Å². The molecule has 0 atom stereocenters. The quantitative estimate of drug-likeness (QED) is 0.0973. The lowest BCUT2D eigenvalue weighted by Gasteiger charge is -2.30. The van der Waals surface area contributed by atoms with Gasteiger partial charge in [0, 0.05) is 27.2 Å². The molecule has 0 fully saturated rings. The van der Waals surface area contributed by atoms with Gasteiger partial charge in [-0.15, -0.1) is 0 Å². The molecule has 1 aliphatic rings. The molecular formula is C65H47NOSi. The Hall–Kier alpha value is -7.98. The Balaban J connectivity index is 1.03. The van der Waals surface area contributed by atoms with Crippen LogP contribution < -0.4 is 15.3 Å². The lowest BCUT2D eigenvalue weighted by Crippen LogP contribution is -2.49. The largest absolute Gasteiger partial charge is 0.454 e. The summed E-state index contributed by atoms with van der Waals surface area (Å²) in [4.78, 5) is 2.46. The average Bonchev–Trinajstić information content (AvgIpc) is 3.87. The summed E-state index contributed by atoms with van der Waals surface area (Å²) < 4.78 is 6.83. The number of benzene rings is 12. The second-order valence-electron chi connectivity index (χ2n) is 19.8. The monoisotopic (exact) mass is 885 g/mol. The van der Waals surface area contributed by atoms with Crippen molar-refractivity contribution in [3.8, 4) is 22.3 Å². The fourth-order valence-corrected chi connectivity index (χ4v) is 15.1. The van der Waals surface area contributed by atoms with Crippen LogP contribution in [0, 0.1) is 0 Å². The smallest absolute Gasteiger partial charge is 0.159 e. The number of hydrogen-bond acceptors (Lipinski definition) is 2. The van der Waals surface area contributed by atoms with Gasteiger partial charge in [-0.1, -0.05) is 185 Å². The Bertz CT molecular complexity index is 4210. The third-order valence-electron chi connectivity index (χ3n) is 15.4. The minimum Gasteiger partial charge on any atom is -0.454 e. The van der Waals surface area contributed by atoms with Crippen LogP contribution in [0.4, 0.5) is 17.1 Å². The van der Waals surface area contributed by atoms with Gasteiger partial charge in [-0.05, 0) is 147 Å². The molecular weight excluding hydrogens is 839 g/mol. The molecule has 0 spiro atoms. The highest BCUT2D eigenvalue weighted by atomic mass is 28.3. The Morgan fingerprint density at radius 2 is 0.941 bits per heavy atom. The maximum Gasteiger partial charge on any atom is 0.159 e. The molecule has 68 heavy (non-hydrogen) atoms. The molecule has 0 aliphatic carbocycles. The number of hydrogen-bond donors (Lipinski definition) is 0. The van der Waals surface area contributed by atoms with Crippen molar-refractivity contribution in [2.24, 2.45) is 0 Å². The normalized spacial score (nSPS) is 13.2. The van der Waals surface area contributed by atoms with E-state index in [9.17, 15) is 0 Å². The van der Waals surface area contributed by atoms with Crippen molar-refractivity contribution < 1.29 is 4.42 Å². The van der Waals surface area contributed by atoms with Gasteiger partial charge in [0.2, 0.25) is 0 Å². The fourth-order valence-electron chi connectivity index (χ4n) is 12.0. The molecule has 12 aromatic carbocycles. The van der Waals surface area contributed by atoms with E-state index in [1.165, 1.54) is 103 Å². The summed E-state index contributed by atoms with van der Waals surface area (Å²) in [5.74, 6) is 0.420. The van der Waals surface area contributed by atoms with Crippen LogP contribution in [0.1, 0.15) is 25.3 Å². The highest BCUT2D eigenvalue weighted by molar-refractivity contribution is 7.04. The number of nitrogens with zero attached hydrogens (tertiary/aromatic N) is 1. The highest BCUT2D eigenvalue weighted by Crippen LogP contribution is 2.51. The number of fused-ring (bicyclic) bond motifs is 15. The SMILES string of the molecule is CC(C)c1ccc(N(c2c3ccccc3c(-c3ccc4c(c3)-c3cc5c(cc3[Si]4(C)C)c3ccccc3c3cc4ccccc4cc53)c3ccccc23)c2cccc3c2oc2ccccc23)cc1. The predicted octanol–water partition coefficient (Wildman–Crippen LogP) is 17.6. The maximum atomic E-state index is 6.83. The van der Waals surface area contributed by atoms with E-state index < -0.39 is 8.07 Å². The second kappa shape index (κ2) is 14.5. The highest BCUT2D eigenvalue weighted by Gasteiger charge is 2.38. The molecule has 3 heteroatoms. The van der Waals surface area contributed by atoms with Crippen molar-refractivity contribution >= 4 is 122 Å². The minimum atomic E-state index is -2.09. The van der Waals surface area contributed by atoms with Crippen LogP contribution in [-0.2, 0) is 0 Å². The molecule has 0 saturated heterocycles. The third-order valence-corrected chi connectivity index (χ3v) is 18.9. The van der Waals surface area contributed by atoms with Crippen LogP contribution in [0.15, 0.2) is 211 Å². The van der Waals surface area contributed by atoms with E-state index in [1.54, 1.807) is 0 Å². The summed E-state index contributed by atoms with van der Waals surface area (Å²) in [7, 11) is -2.09. The zero-order valence-electron chi connectivity index (χ0n) is 38.6. The average molecular weight is 886 g/mol. The first kappa shape index (κ1) is 39.2. The molecule has 14 rings (SSSR count). The molecule has 0 radical (unpaired) electrons. The van der Waals surface area contributed by atoms with Crippen molar-refractivity contribution in [1.82, 2.24) is 0 Å². The number of furan rings is 1. The van der Waals surface area contributed by atoms with Crippen LogP contribution in [0.2, 0.25) is 13.1 Å². The van der Waals surface area contributed by atoms with Gasteiger partial charge in [-0.2, -0.15) is 0 Å². The van der Waals surface area contributed by atoms with E-state index >= 15 is 0 Å². The van der Waals surface area contributed by atoms with Gasteiger partial charge >= 0.3 is 0 Å². The lowest BCUT2D eigenvalue weighted by molar-refractivity contribution is 0.669. The summed E-state index contributed by atoms with van der Waals surface area (Å²) in [6, 6.07) is 77.5. The molecule has 322 valence electrons. The van der Waals surface area contributed by atoms with E-state index in [-0.39, 0.29) is 0 Å². The van der Waals surface area contributed by atoms with Gasteiger partial charge in [0.25, 0.3) is 0 Å². The van der Waals surface area contributed by atoms with E-state index in [0.29, 0.717) is 5.92 Å². The molecule has 0 amide bonds. The molecule has 2 nitrogen and oxygen atoms in total. The first-order chi connectivity index (χ1) is 33.3. The first-order valence-electron chi connectivity index (χ1n) is 24.0. The van der Waals surface area contributed by atoms with Crippen LogP contribution in [0.5, 0.6) is 0 Å². The first-order valence-corrected chi connectivity index (χ1v) is 27.0. The molecule has 13 aromatic rings. The van der Waals surface area contributed by atoms with Gasteiger partial charge in [-0.3, -0.25) is 0 Å². The molecule has 0 N–H and O–H groups in total. The molecule has 2 heterocycles. The van der Waals surface area contributed by atoms with Crippen LogP contribution in [-0.4, -0.2) is 8.07 Å². The summed E-state index contributed by atoms with van der Waals surface area (Å²) in [5, 5.41) is 20.6. The van der Waals surface area contributed by atoms with Crippen molar-refractivity contribution in [2.75, 3.05) is 4.90 Å². The molecule has 1 aromatic heterocycles. The van der Waals surface area contributed by atoms with Crippen molar-refractivity contribution in [3.05, 3.63) is 212 Å². The van der Waals surface area contributed by atoms with Crippen molar-refractivity contribution in [3.63, 3.8) is 0 Å². The zero-order valence-corrected chi connectivity index (χ0v) is 39.6. The standard InChI is InChI=1S/C65H47NOSi/c1-39(2)40-28-31-44(32-29-40)66(59-26-15-25-52-47-20-13-14-27-60(47)67-65(52)59)64-50-23-11-9-21-48(50)63(49-22-10-12-24-51(49)64)43-30-33-61-57(36-43)58-37-55-54-35-42-17-6-5-16-41(42)34-53(54)45-18-7-8-19-46(45)56(55)38-62(58)68(61,3)4/h5-39H,1-4H3. The Morgan fingerprint density at radius 1 is 0.412 bits per heavy atom. The van der Waals surface area contributed by atoms with Gasteiger partial charge in [-0.25, -0.2) is 0 Å². The lowest BCUT2D eigenvalue weighted by atomic mass is 9.88. The topological polar surface area (TPSA) is 16.4 Å². The number of para-hydroxylation sites is 2. The van der Waals surface area contributed by atoms with Gasteiger partial charge < -0.3 is 9.32 Å². The van der Waals surface area contributed by atoms with Crippen molar-refractivity contribution in [1.29, 1.82) is 0 Å². The predicted molar refractivity (Wildman–Crippen MR) is 295 cm³/mol. The summed E-state index contributed by atoms with van der Waals surface area (Å²) in [5.41, 5.74) is 11.6. The molecule has 1 aliphatic heterocycles. The van der Waals surface area contributed by atoms with E-state index in [0.717, 1.165) is 39.0 Å². The summed E-state index contributed by atoms with van der Waals surface area (Å²) >= 11 is 0. The van der Waals surface area contributed by atoms with Crippen LogP contribution >= 0.6 is 0 Å². The third kappa shape index (κ3) is 5.57. The van der Waals surface area contributed by atoms with E-state index in [4.69, 9.17) is 4.42 Å². The summed E-state index contributed by atoms with van der Waals surface area (Å²) in [6.45, 7) is 9.61. The molecule has 0 unspecified atom stereocenters. The van der Waals surface area contributed by atoms with E-state index in [2.05, 4.69) is 238 Å². The molecule has 0 bridgehead atoms. The Morgan fingerprint density at radius 3 is 1.60 bits per heavy atom. The summed E-state index contributed by atoms with van der Waals surface area (Å²) in [6.07, 6.45) is 0. The van der Waals surface area contributed by atoms with Crippen LogP contribution in [0.25, 0.3) is 109 Å². The second-order valence-corrected chi connectivity index (χ2v) is 24.1. The van der Waals surface area contributed by atoms with Crippen LogP contribution in [0.3, 0.4) is 0 Å². The number of rotatable bonds is 5. The van der Waals surface area contributed by atoms with Gasteiger partial charge in [0.1, 0.15) is 13.7 Å². The number of anilines is 3. The minimum absolute atomic E-state index is 0.420. The zero-order chi connectivity index (χ0) is 45.4. The Kier molecular flexibility index (Phi) is 8.36. The molecule has 0 saturated carbocycles.